The normalized spacial score (nSPS) is 11.3. The van der Waals surface area contributed by atoms with Crippen molar-refractivity contribution in [3.8, 4) is 0 Å². The van der Waals surface area contributed by atoms with Crippen LogP contribution < -0.4 is 5.14 Å². The number of non-ortho nitro benzene ring substituents is 1. The SMILES string of the molecule is CSc1ccc([N+](=O)[O-])cc1S(N)(=O)=O. The molecule has 0 spiro atoms. The summed E-state index contributed by atoms with van der Waals surface area (Å²) in [6.45, 7) is 0. The predicted octanol–water partition coefficient (Wildman–Crippen LogP) is 0.964. The molecule has 0 aliphatic rings. The molecule has 1 aromatic carbocycles. The van der Waals surface area contributed by atoms with E-state index in [0.29, 0.717) is 4.90 Å². The van der Waals surface area contributed by atoms with Gasteiger partial charge in [0, 0.05) is 17.0 Å². The molecule has 0 radical (unpaired) electrons. The standard InChI is InChI=1S/C7H8N2O4S2/c1-14-6-3-2-5(9(10)11)4-7(6)15(8,12)13/h2-4H,1H3,(H2,8,12,13). The highest BCUT2D eigenvalue weighted by Gasteiger charge is 2.18. The minimum atomic E-state index is -3.93. The van der Waals surface area contributed by atoms with Crippen molar-refractivity contribution < 1.29 is 13.3 Å². The molecule has 0 fully saturated rings. The van der Waals surface area contributed by atoms with Crippen LogP contribution in [0.3, 0.4) is 0 Å². The second-order valence-electron chi connectivity index (χ2n) is 2.64. The molecule has 0 atom stereocenters. The van der Waals surface area contributed by atoms with Gasteiger partial charge < -0.3 is 0 Å². The Balaban J connectivity index is 3.46. The number of thioether (sulfide) groups is 1. The summed E-state index contributed by atoms with van der Waals surface area (Å²) < 4.78 is 22.3. The average molecular weight is 248 g/mol. The zero-order chi connectivity index (χ0) is 11.6. The van der Waals surface area contributed by atoms with Crippen LogP contribution in [0.4, 0.5) is 5.69 Å². The van der Waals surface area contributed by atoms with E-state index in [4.69, 9.17) is 5.14 Å². The summed E-state index contributed by atoms with van der Waals surface area (Å²) in [4.78, 5) is 9.95. The number of nitrogens with zero attached hydrogens (tertiary/aromatic N) is 1. The first-order valence-electron chi connectivity index (χ1n) is 3.71. The molecule has 0 unspecified atom stereocenters. The molecule has 0 saturated heterocycles. The lowest BCUT2D eigenvalue weighted by atomic mass is 10.3. The molecule has 0 aliphatic heterocycles. The van der Waals surface area contributed by atoms with Crippen LogP contribution >= 0.6 is 11.8 Å². The fourth-order valence-corrected chi connectivity index (χ4v) is 2.70. The monoisotopic (exact) mass is 248 g/mol. The number of sulfonamides is 1. The zero-order valence-corrected chi connectivity index (χ0v) is 9.34. The molecule has 1 aromatic rings. The van der Waals surface area contributed by atoms with Gasteiger partial charge in [-0.3, -0.25) is 10.1 Å². The van der Waals surface area contributed by atoms with Crippen molar-refractivity contribution in [1.29, 1.82) is 0 Å². The number of hydrogen-bond acceptors (Lipinski definition) is 5. The van der Waals surface area contributed by atoms with Gasteiger partial charge in [0.2, 0.25) is 10.0 Å². The van der Waals surface area contributed by atoms with E-state index in [2.05, 4.69) is 0 Å². The largest absolute Gasteiger partial charge is 0.270 e. The molecule has 0 aliphatic carbocycles. The van der Waals surface area contributed by atoms with Gasteiger partial charge in [-0.05, 0) is 12.3 Å². The fraction of sp³-hybridized carbons (Fsp3) is 0.143. The molecule has 0 aromatic heterocycles. The maximum absolute atomic E-state index is 11.1. The van der Waals surface area contributed by atoms with Crippen molar-refractivity contribution in [2.45, 2.75) is 9.79 Å². The molecule has 0 heterocycles. The van der Waals surface area contributed by atoms with Gasteiger partial charge in [-0.1, -0.05) is 0 Å². The second-order valence-corrected chi connectivity index (χ2v) is 5.02. The van der Waals surface area contributed by atoms with Gasteiger partial charge in [-0.15, -0.1) is 11.8 Å². The zero-order valence-electron chi connectivity index (χ0n) is 7.71. The van der Waals surface area contributed by atoms with Crippen LogP contribution in [-0.2, 0) is 10.0 Å². The summed E-state index contributed by atoms with van der Waals surface area (Å²) in [5, 5.41) is 15.4. The summed E-state index contributed by atoms with van der Waals surface area (Å²) in [7, 11) is -3.93. The summed E-state index contributed by atoms with van der Waals surface area (Å²) in [5.74, 6) is 0. The maximum Gasteiger partial charge on any atom is 0.270 e. The number of hydrogen-bond donors (Lipinski definition) is 1. The van der Waals surface area contributed by atoms with Crippen molar-refractivity contribution in [2.75, 3.05) is 6.26 Å². The van der Waals surface area contributed by atoms with Gasteiger partial charge in [0.15, 0.2) is 0 Å². The highest BCUT2D eigenvalue weighted by Crippen LogP contribution is 2.27. The van der Waals surface area contributed by atoms with Crippen molar-refractivity contribution in [3.63, 3.8) is 0 Å². The first-order valence-corrected chi connectivity index (χ1v) is 6.48. The van der Waals surface area contributed by atoms with Crippen LogP contribution in [-0.4, -0.2) is 19.6 Å². The molecule has 0 saturated carbocycles. The fourth-order valence-electron chi connectivity index (χ4n) is 1.00. The van der Waals surface area contributed by atoms with Crippen LogP contribution in [0.15, 0.2) is 28.0 Å². The molecule has 82 valence electrons. The number of rotatable bonds is 3. The van der Waals surface area contributed by atoms with Gasteiger partial charge in [0.25, 0.3) is 5.69 Å². The first-order chi connectivity index (χ1) is 6.86. The van der Waals surface area contributed by atoms with E-state index in [-0.39, 0.29) is 10.6 Å². The van der Waals surface area contributed by atoms with E-state index in [1.54, 1.807) is 6.26 Å². The maximum atomic E-state index is 11.1. The second kappa shape index (κ2) is 4.17. The topological polar surface area (TPSA) is 103 Å². The third-order valence-electron chi connectivity index (χ3n) is 1.66. The Bertz CT molecular complexity index is 498. The Morgan fingerprint density at radius 1 is 1.47 bits per heavy atom. The van der Waals surface area contributed by atoms with Crippen molar-refractivity contribution in [2.24, 2.45) is 5.14 Å². The summed E-state index contributed by atoms with van der Waals surface area (Å²) in [5.41, 5.74) is -0.295. The van der Waals surface area contributed by atoms with Crippen molar-refractivity contribution in [1.82, 2.24) is 0 Å². The van der Waals surface area contributed by atoms with E-state index in [9.17, 15) is 18.5 Å². The van der Waals surface area contributed by atoms with E-state index < -0.39 is 14.9 Å². The van der Waals surface area contributed by atoms with Crippen LogP contribution in [0, 0.1) is 10.1 Å². The summed E-state index contributed by atoms with van der Waals surface area (Å²) in [6, 6.07) is 3.56. The van der Waals surface area contributed by atoms with Gasteiger partial charge in [-0.25, -0.2) is 13.6 Å². The lowest BCUT2D eigenvalue weighted by molar-refractivity contribution is -0.385. The van der Waals surface area contributed by atoms with E-state index in [0.717, 1.165) is 17.8 Å². The Kier molecular flexibility index (Phi) is 3.32. The van der Waals surface area contributed by atoms with Crippen molar-refractivity contribution >= 4 is 27.5 Å². The van der Waals surface area contributed by atoms with Gasteiger partial charge in [0.1, 0.15) is 4.90 Å². The molecule has 2 N–H and O–H groups in total. The molecule has 15 heavy (non-hydrogen) atoms. The molecule has 6 nitrogen and oxygen atoms in total. The highest BCUT2D eigenvalue weighted by molar-refractivity contribution is 7.99. The third-order valence-corrected chi connectivity index (χ3v) is 3.54. The molecule has 0 bridgehead atoms. The number of primary sulfonamides is 1. The average Bonchev–Trinajstić information content (AvgIpc) is 2.15. The van der Waals surface area contributed by atoms with E-state index >= 15 is 0 Å². The van der Waals surface area contributed by atoms with Crippen molar-refractivity contribution in [3.05, 3.63) is 28.3 Å². The lowest BCUT2D eigenvalue weighted by Crippen LogP contribution is -2.13. The van der Waals surface area contributed by atoms with Crippen LogP contribution in [0.25, 0.3) is 0 Å². The Labute approximate surface area is 90.7 Å². The smallest absolute Gasteiger partial charge is 0.258 e. The predicted molar refractivity (Wildman–Crippen MR) is 56.3 cm³/mol. The molecular weight excluding hydrogens is 240 g/mol. The Morgan fingerprint density at radius 2 is 2.07 bits per heavy atom. The van der Waals surface area contributed by atoms with Crippen LogP contribution in [0.1, 0.15) is 0 Å². The summed E-state index contributed by atoms with van der Waals surface area (Å²) >= 11 is 1.16. The highest BCUT2D eigenvalue weighted by atomic mass is 32.2. The number of benzene rings is 1. The minimum absolute atomic E-state index is 0.218. The lowest BCUT2D eigenvalue weighted by Gasteiger charge is -2.03. The Hall–Kier alpha value is -1.12. The Morgan fingerprint density at radius 3 is 2.47 bits per heavy atom. The van der Waals surface area contributed by atoms with Crippen LogP contribution in [0.5, 0.6) is 0 Å². The molecule has 0 amide bonds. The third kappa shape index (κ3) is 2.67. The van der Waals surface area contributed by atoms with Gasteiger partial charge >= 0.3 is 0 Å². The first kappa shape index (κ1) is 12.0. The van der Waals surface area contributed by atoms with Gasteiger partial charge in [-0.2, -0.15) is 0 Å². The quantitative estimate of drug-likeness (QED) is 0.487. The summed E-state index contributed by atoms with van der Waals surface area (Å²) in [6.07, 6.45) is 1.66. The molecule has 1 rings (SSSR count). The molecular formula is C7H8N2O4S2. The number of nitro benzene ring substituents is 1. The van der Waals surface area contributed by atoms with E-state index in [1.165, 1.54) is 12.1 Å². The van der Waals surface area contributed by atoms with E-state index in [1.807, 2.05) is 0 Å². The molecule has 8 heteroatoms. The van der Waals surface area contributed by atoms with Gasteiger partial charge in [0.05, 0.1) is 4.92 Å². The number of nitro groups is 1. The number of nitrogens with two attached hydrogens (primary N) is 1. The van der Waals surface area contributed by atoms with Crippen LogP contribution in [0.2, 0.25) is 0 Å². The minimum Gasteiger partial charge on any atom is -0.258 e.